The van der Waals surface area contributed by atoms with Crippen LogP contribution >= 0.6 is 0 Å². The van der Waals surface area contributed by atoms with E-state index in [1.54, 1.807) is 11.0 Å². The second kappa shape index (κ2) is 7.84. The van der Waals surface area contributed by atoms with Gasteiger partial charge in [0.25, 0.3) is 15.9 Å². The van der Waals surface area contributed by atoms with Crippen molar-refractivity contribution < 1.29 is 17.6 Å². The molecular weight excluding hydrogens is 357 g/mol. The van der Waals surface area contributed by atoms with Gasteiger partial charge in [-0.05, 0) is 49.4 Å². The number of anilines is 1. The summed E-state index contributed by atoms with van der Waals surface area (Å²) in [6, 6.07) is 11.2. The molecule has 1 aliphatic heterocycles. The molecule has 0 saturated carbocycles. The fraction of sp³-hybridized carbons (Fsp3) is 0.278. The number of hydrogen-bond acceptors (Lipinski definition) is 4. The Morgan fingerprint density at radius 1 is 1.04 bits per heavy atom. The summed E-state index contributed by atoms with van der Waals surface area (Å²) in [7, 11) is -3.93. The Morgan fingerprint density at radius 3 is 2.50 bits per heavy atom. The van der Waals surface area contributed by atoms with E-state index in [0.29, 0.717) is 18.7 Å². The van der Waals surface area contributed by atoms with Gasteiger partial charge >= 0.3 is 0 Å². The van der Waals surface area contributed by atoms with Gasteiger partial charge in [0.2, 0.25) is 0 Å². The second-order valence-electron chi connectivity index (χ2n) is 6.01. The highest BCUT2D eigenvalue weighted by molar-refractivity contribution is 7.92. The lowest BCUT2D eigenvalue weighted by molar-refractivity contribution is 0.0766. The summed E-state index contributed by atoms with van der Waals surface area (Å²) in [5, 5.41) is 3.23. The van der Waals surface area contributed by atoms with E-state index in [0.717, 1.165) is 19.5 Å². The molecule has 1 saturated heterocycles. The topological polar surface area (TPSA) is 78.5 Å². The van der Waals surface area contributed by atoms with Gasteiger partial charge < -0.3 is 10.2 Å². The summed E-state index contributed by atoms with van der Waals surface area (Å²) in [6.07, 6.45) is 0.880. The van der Waals surface area contributed by atoms with Gasteiger partial charge in [-0.25, -0.2) is 12.8 Å². The smallest absolute Gasteiger partial charge is 0.261 e. The molecule has 0 spiro atoms. The van der Waals surface area contributed by atoms with Gasteiger partial charge in [0, 0.05) is 25.2 Å². The molecule has 0 bridgehead atoms. The average Bonchev–Trinajstić information content (AvgIpc) is 2.92. The summed E-state index contributed by atoms with van der Waals surface area (Å²) >= 11 is 0. The molecule has 1 amide bonds. The largest absolute Gasteiger partial charge is 0.337 e. The molecule has 2 N–H and O–H groups in total. The molecule has 0 atom stereocenters. The van der Waals surface area contributed by atoms with Crippen molar-refractivity contribution in [3.05, 3.63) is 59.9 Å². The van der Waals surface area contributed by atoms with Crippen LogP contribution in [0, 0.1) is 5.82 Å². The molecule has 2 aromatic carbocycles. The Hall–Kier alpha value is -2.45. The predicted molar refractivity (Wildman–Crippen MR) is 97.0 cm³/mol. The molecule has 1 heterocycles. The minimum atomic E-state index is -3.93. The van der Waals surface area contributed by atoms with Crippen molar-refractivity contribution in [2.24, 2.45) is 0 Å². The van der Waals surface area contributed by atoms with Crippen molar-refractivity contribution in [1.82, 2.24) is 10.2 Å². The van der Waals surface area contributed by atoms with Gasteiger partial charge in [-0.3, -0.25) is 9.52 Å². The first-order valence-electron chi connectivity index (χ1n) is 8.35. The molecule has 26 heavy (non-hydrogen) atoms. The maximum atomic E-state index is 13.7. The van der Waals surface area contributed by atoms with Crippen LogP contribution in [-0.4, -0.2) is 45.4 Å². The van der Waals surface area contributed by atoms with Crippen LogP contribution in [0.1, 0.15) is 16.8 Å². The average molecular weight is 377 g/mol. The molecule has 1 aliphatic rings. The van der Waals surface area contributed by atoms with E-state index in [4.69, 9.17) is 0 Å². The normalized spacial score (nSPS) is 15.3. The summed E-state index contributed by atoms with van der Waals surface area (Å²) in [6.45, 7) is 2.90. The predicted octanol–water partition coefficient (Wildman–Crippen LogP) is 2.06. The van der Waals surface area contributed by atoms with Crippen LogP contribution in [0.25, 0.3) is 0 Å². The lowest BCUT2D eigenvalue weighted by atomic mass is 10.2. The van der Waals surface area contributed by atoms with E-state index >= 15 is 0 Å². The number of halogens is 1. The number of carbonyl (C=O) groups excluding carboxylic acids is 1. The third kappa shape index (κ3) is 4.20. The van der Waals surface area contributed by atoms with E-state index in [1.807, 2.05) is 0 Å². The quantitative estimate of drug-likeness (QED) is 0.855. The van der Waals surface area contributed by atoms with Crippen molar-refractivity contribution >= 4 is 21.6 Å². The number of carbonyl (C=O) groups is 1. The Labute approximate surface area is 152 Å². The fourth-order valence-corrected chi connectivity index (χ4v) is 3.82. The molecule has 2 aromatic rings. The molecule has 0 radical (unpaired) electrons. The van der Waals surface area contributed by atoms with Crippen molar-refractivity contribution in [2.45, 2.75) is 11.3 Å². The monoisotopic (exact) mass is 377 g/mol. The molecule has 138 valence electrons. The number of para-hydroxylation sites is 1. The van der Waals surface area contributed by atoms with Crippen LogP contribution in [0.15, 0.2) is 53.4 Å². The molecule has 3 rings (SSSR count). The number of nitrogens with zero attached hydrogens (tertiary/aromatic N) is 1. The van der Waals surface area contributed by atoms with Crippen LogP contribution in [0.3, 0.4) is 0 Å². The SMILES string of the molecule is O=C(c1ccc(S(=O)(=O)Nc2ccccc2F)cc1)N1CCCNCC1. The second-order valence-corrected chi connectivity index (χ2v) is 7.69. The van der Waals surface area contributed by atoms with Crippen LogP contribution in [0.4, 0.5) is 10.1 Å². The lowest BCUT2D eigenvalue weighted by Crippen LogP contribution is -2.34. The number of benzene rings is 2. The fourth-order valence-electron chi connectivity index (χ4n) is 2.76. The Balaban J connectivity index is 1.76. The van der Waals surface area contributed by atoms with Crippen molar-refractivity contribution in [1.29, 1.82) is 0 Å². The highest BCUT2D eigenvalue weighted by atomic mass is 32.2. The van der Waals surface area contributed by atoms with Gasteiger partial charge in [-0.1, -0.05) is 12.1 Å². The Morgan fingerprint density at radius 2 is 1.77 bits per heavy atom. The van der Waals surface area contributed by atoms with Gasteiger partial charge in [0.05, 0.1) is 10.6 Å². The van der Waals surface area contributed by atoms with Crippen LogP contribution in [-0.2, 0) is 10.0 Å². The van der Waals surface area contributed by atoms with E-state index < -0.39 is 15.8 Å². The Kier molecular flexibility index (Phi) is 5.53. The van der Waals surface area contributed by atoms with E-state index in [1.165, 1.54) is 42.5 Å². The molecule has 6 nitrogen and oxygen atoms in total. The number of rotatable bonds is 4. The molecule has 8 heteroatoms. The summed E-state index contributed by atoms with van der Waals surface area (Å²) < 4.78 is 40.7. The van der Waals surface area contributed by atoms with Crippen LogP contribution < -0.4 is 10.0 Å². The van der Waals surface area contributed by atoms with Crippen molar-refractivity contribution in [2.75, 3.05) is 30.9 Å². The molecule has 0 aliphatic carbocycles. The van der Waals surface area contributed by atoms with E-state index in [-0.39, 0.29) is 16.5 Å². The standard InChI is InChI=1S/C18H20FN3O3S/c19-16-4-1-2-5-17(16)21-26(24,25)15-8-6-14(7-9-15)18(23)22-12-3-10-20-11-13-22/h1-2,4-9,20-21H,3,10-13H2. The highest BCUT2D eigenvalue weighted by Crippen LogP contribution is 2.19. The van der Waals surface area contributed by atoms with Crippen LogP contribution in [0.5, 0.6) is 0 Å². The highest BCUT2D eigenvalue weighted by Gasteiger charge is 2.20. The van der Waals surface area contributed by atoms with E-state index in [9.17, 15) is 17.6 Å². The molecule has 0 aromatic heterocycles. The van der Waals surface area contributed by atoms with Crippen molar-refractivity contribution in [3.8, 4) is 0 Å². The number of amides is 1. The number of nitrogens with one attached hydrogen (secondary N) is 2. The minimum Gasteiger partial charge on any atom is -0.337 e. The third-order valence-corrected chi connectivity index (χ3v) is 5.54. The summed E-state index contributed by atoms with van der Waals surface area (Å²) in [5.41, 5.74) is 0.307. The summed E-state index contributed by atoms with van der Waals surface area (Å²) in [5.74, 6) is -0.780. The maximum Gasteiger partial charge on any atom is 0.261 e. The lowest BCUT2D eigenvalue weighted by Gasteiger charge is -2.20. The van der Waals surface area contributed by atoms with E-state index in [2.05, 4.69) is 10.0 Å². The first-order valence-corrected chi connectivity index (χ1v) is 9.83. The van der Waals surface area contributed by atoms with Crippen LogP contribution in [0.2, 0.25) is 0 Å². The zero-order valence-electron chi connectivity index (χ0n) is 14.1. The maximum absolute atomic E-state index is 13.7. The first-order chi connectivity index (χ1) is 12.5. The zero-order valence-corrected chi connectivity index (χ0v) is 14.9. The third-order valence-electron chi connectivity index (χ3n) is 4.16. The van der Waals surface area contributed by atoms with Gasteiger partial charge in [-0.15, -0.1) is 0 Å². The Bertz CT molecular complexity index is 877. The zero-order chi connectivity index (χ0) is 18.6. The van der Waals surface area contributed by atoms with Gasteiger partial charge in [0.15, 0.2) is 0 Å². The number of hydrogen-bond donors (Lipinski definition) is 2. The van der Waals surface area contributed by atoms with Crippen molar-refractivity contribution in [3.63, 3.8) is 0 Å². The molecule has 1 fully saturated rings. The summed E-state index contributed by atoms with van der Waals surface area (Å²) in [4.78, 5) is 14.3. The van der Waals surface area contributed by atoms with Gasteiger partial charge in [0.1, 0.15) is 5.82 Å². The minimum absolute atomic E-state index is 0.0326. The molecular formula is C18H20FN3O3S. The molecule has 0 unspecified atom stereocenters. The first kappa shape index (κ1) is 18.3. The number of sulfonamides is 1. The van der Waals surface area contributed by atoms with Gasteiger partial charge in [-0.2, -0.15) is 0 Å².